The van der Waals surface area contributed by atoms with E-state index >= 15 is 0 Å². The molecule has 3 atom stereocenters. The molecule has 0 spiro atoms. The monoisotopic (exact) mass is 257 g/mol. The number of nitriles is 1. The topological polar surface area (TPSA) is 39.1 Å². The van der Waals surface area contributed by atoms with Crippen molar-refractivity contribution in [2.45, 2.75) is 32.4 Å². The molecule has 1 heterocycles. The van der Waals surface area contributed by atoms with Crippen molar-refractivity contribution in [3.63, 3.8) is 0 Å². The Morgan fingerprint density at radius 2 is 2.05 bits per heavy atom. The first kappa shape index (κ1) is 14.0. The lowest BCUT2D eigenvalue weighted by molar-refractivity contribution is 0.168. The smallest absolute Gasteiger partial charge is 0.0991 e. The molecule has 19 heavy (non-hydrogen) atoms. The zero-order chi connectivity index (χ0) is 13.8. The maximum atomic E-state index is 8.82. The SMILES string of the molecule is CC(NC1CCN(C)CC1C)c1ccc(C#N)cc1. The van der Waals surface area contributed by atoms with E-state index in [2.05, 4.69) is 49.3 Å². The second kappa shape index (κ2) is 6.18. The van der Waals surface area contributed by atoms with Gasteiger partial charge in [0.1, 0.15) is 0 Å². The number of hydrogen-bond donors (Lipinski definition) is 1. The maximum Gasteiger partial charge on any atom is 0.0991 e. The molecule has 3 heteroatoms. The van der Waals surface area contributed by atoms with Crippen LogP contribution in [0.25, 0.3) is 0 Å². The lowest BCUT2D eigenvalue weighted by atomic mass is 9.92. The molecule has 1 aliphatic rings. The van der Waals surface area contributed by atoms with Crippen molar-refractivity contribution in [2.24, 2.45) is 5.92 Å². The van der Waals surface area contributed by atoms with Gasteiger partial charge in [0.2, 0.25) is 0 Å². The molecular formula is C16H23N3. The van der Waals surface area contributed by atoms with Crippen LogP contribution in [0.4, 0.5) is 0 Å². The second-order valence-electron chi connectivity index (χ2n) is 5.76. The highest BCUT2D eigenvalue weighted by atomic mass is 15.1. The van der Waals surface area contributed by atoms with Gasteiger partial charge in [0, 0.05) is 18.6 Å². The Labute approximate surface area is 116 Å². The standard InChI is InChI=1S/C16H23N3/c1-12-11-19(3)9-8-16(12)18-13(2)15-6-4-14(10-17)5-7-15/h4-7,12-13,16,18H,8-9,11H2,1-3H3. The molecule has 2 rings (SSSR count). The van der Waals surface area contributed by atoms with Gasteiger partial charge in [0.15, 0.2) is 0 Å². The van der Waals surface area contributed by atoms with E-state index in [1.54, 1.807) is 0 Å². The lowest BCUT2D eigenvalue weighted by Gasteiger charge is -2.37. The van der Waals surface area contributed by atoms with Crippen LogP contribution in [0.1, 0.15) is 37.4 Å². The van der Waals surface area contributed by atoms with Crippen molar-refractivity contribution in [2.75, 3.05) is 20.1 Å². The molecule has 1 aliphatic heterocycles. The third-order valence-electron chi connectivity index (χ3n) is 4.11. The number of nitrogens with zero attached hydrogens (tertiary/aromatic N) is 2. The lowest BCUT2D eigenvalue weighted by Crippen LogP contribution is -2.47. The van der Waals surface area contributed by atoms with Gasteiger partial charge in [0.05, 0.1) is 11.6 Å². The van der Waals surface area contributed by atoms with Crippen LogP contribution in [0.15, 0.2) is 24.3 Å². The molecule has 0 bridgehead atoms. The fourth-order valence-electron chi connectivity index (χ4n) is 2.87. The summed E-state index contributed by atoms with van der Waals surface area (Å²) in [5, 5.41) is 12.6. The second-order valence-corrected chi connectivity index (χ2v) is 5.76. The number of piperidine rings is 1. The van der Waals surface area contributed by atoms with Crippen molar-refractivity contribution >= 4 is 0 Å². The van der Waals surface area contributed by atoms with Gasteiger partial charge in [0.25, 0.3) is 0 Å². The molecule has 1 saturated heterocycles. The molecule has 0 aromatic heterocycles. The minimum atomic E-state index is 0.337. The van der Waals surface area contributed by atoms with Gasteiger partial charge in [-0.05, 0) is 50.6 Å². The van der Waals surface area contributed by atoms with E-state index in [-0.39, 0.29) is 0 Å². The van der Waals surface area contributed by atoms with E-state index in [9.17, 15) is 0 Å². The van der Waals surface area contributed by atoms with Crippen molar-refractivity contribution in [3.8, 4) is 6.07 Å². The number of nitrogens with one attached hydrogen (secondary N) is 1. The van der Waals surface area contributed by atoms with Gasteiger partial charge >= 0.3 is 0 Å². The molecule has 0 saturated carbocycles. The van der Waals surface area contributed by atoms with E-state index in [4.69, 9.17) is 5.26 Å². The predicted molar refractivity (Wildman–Crippen MR) is 77.8 cm³/mol. The normalized spacial score (nSPS) is 25.8. The predicted octanol–water partition coefficient (Wildman–Crippen LogP) is 2.55. The van der Waals surface area contributed by atoms with Crippen molar-refractivity contribution in [1.29, 1.82) is 5.26 Å². The third-order valence-corrected chi connectivity index (χ3v) is 4.11. The number of hydrogen-bond acceptors (Lipinski definition) is 3. The molecule has 3 unspecified atom stereocenters. The molecular weight excluding hydrogens is 234 g/mol. The van der Waals surface area contributed by atoms with Crippen LogP contribution < -0.4 is 5.32 Å². The average molecular weight is 257 g/mol. The summed E-state index contributed by atoms with van der Waals surface area (Å²) in [4.78, 5) is 2.40. The maximum absolute atomic E-state index is 8.82. The van der Waals surface area contributed by atoms with E-state index < -0.39 is 0 Å². The van der Waals surface area contributed by atoms with Gasteiger partial charge in [-0.2, -0.15) is 5.26 Å². The van der Waals surface area contributed by atoms with Crippen molar-refractivity contribution in [3.05, 3.63) is 35.4 Å². The first-order valence-electron chi connectivity index (χ1n) is 7.05. The van der Waals surface area contributed by atoms with Crippen LogP contribution >= 0.6 is 0 Å². The van der Waals surface area contributed by atoms with Gasteiger partial charge in [-0.1, -0.05) is 19.1 Å². The Bertz CT molecular complexity index is 446. The molecule has 0 radical (unpaired) electrons. The minimum absolute atomic E-state index is 0.337. The van der Waals surface area contributed by atoms with Gasteiger partial charge in [-0.3, -0.25) is 0 Å². The average Bonchev–Trinajstić information content (AvgIpc) is 2.42. The Morgan fingerprint density at radius 3 is 2.63 bits per heavy atom. The fourth-order valence-corrected chi connectivity index (χ4v) is 2.87. The highest BCUT2D eigenvalue weighted by Crippen LogP contribution is 2.20. The highest BCUT2D eigenvalue weighted by Gasteiger charge is 2.25. The van der Waals surface area contributed by atoms with E-state index in [0.717, 1.165) is 12.1 Å². The zero-order valence-electron chi connectivity index (χ0n) is 12.1. The third kappa shape index (κ3) is 3.56. The summed E-state index contributed by atoms with van der Waals surface area (Å²) in [5.74, 6) is 0.680. The Morgan fingerprint density at radius 1 is 1.37 bits per heavy atom. The molecule has 1 fully saturated rings. The molecule has 0 aliphatic carbocycles. The summed E-state index contributed by atoms with van der Waals surface area (Å²) in [6.07, 6.45) is 1.21. The van der Waals surface area contributed by atoms with Crippen LogP contribution in [0, 0.1) is 17.2 Å². The molecule has 102 valence electrons. The van der Waals surface area contributed by atoms with E-state index in [1.807, 2.05) is 12.1 Å². The van der Waals surface area contributed by atoms with E-state index in [1.165, 1.54) is 18.5 Å². The highest BCUT2D eigenvalue weighted by molar-refractivity contribution is 5.32. The number of benzene rings is 1. The molecule has 0 amide bonds. The van der Waals surface area contributed by atoms with Gasteiger partial charge in [-0.25, -0.2) is 0 Å². The van der Waals surface area contributed by atoms with Crippen LogP contribution in [0.5, 0.6) is 0 Å². The van der Waals surface area contributed by atoms with Crippen LogP contribution in [0.2, 0.25) is 0 Å². The summed E-state index contributed by atoms with van der Waals surface area (Å²) in [6, 6.07) is 11.0. The zero-order valence-corrected chi connectivity index (χ0v) is 12.1. The summed E-state index contributed by atoms with van der Waals surface area (Å²) >= 11 is 0. The molecule has 1 N–H and O–H groups in total. The summed E-state index contributed by atoms with van der Waals surface area (Å²) in [6.45, 7) is 6.85. The summed E-state index contributed by atoms with van der Waals surface area (Å²) in [7, 11) is 2.19. The first-order chi connectivity index (χ1) is 9.10. The largest absolute Gasteiger partial charge is 0.307 e. The van der Waals surface area contributed by atoms with E-state index in [0.29, 0.717) is 18.0 Å². The van der Waals surface area contributed by atoms with Crippen molar-refractivity contribution < 1.29 is 0 Å². The Kier molecular flexibility index (Phi) is 4.57. The van der Waals surface area contributed by atoms with Gasteiger partial charge in [-0.15, -0.1) is 0 Å². The molecule has 1 aromatic rings. The Hall–Kier alpha value is -1.37. The first-order valence-corrected chi connectivity index (χ1v) is 7.05. The Balaban J connectivity index is 1.96. The molecule has 3 nitrogen and oxygen atoms in total. The minimum Gasteiger partial charge on any atom is -0.307 e. The van der Waals surface area contributed by atoms with Crippen LogP contribution in [-0.4, -0.2) is 31.1 Å². The van der Waals surface area contributed by atoms with Gasteiger partial charge < -0.3 is 10.2 Å². The number of likely N-dealkylation sites (tertiary alicyclic amines) is 1. The summed E-state index contributed by atoms with van der Waals surface area (Å²) < 4.78 is 0. The van der Waals surface area contributed by atoms with Crippen LogP contribution in [-0.2, 0) is 0 Å². The fraction of sp³-hybridized carbons (Fsp3) is 0.562. The van der Waals surface area contributed by atoms with Crippen molar-refractivity contribution in [1.82, 2.24) is 10.2 Å². The molecule has 1 aromatic carbocycles. The quantitative estimate of drug-likeness (QED) is 0.904. The summed E-state index contributed by atoms with van der Waals surface area (Å²) in [5.41, 5.74) is 1.98. The number of rotatable bonds is 3. The van der Waals surface area contributed by atoms with Crippen LogP contribution in [0.3, 0.4) is 0 Å².